The van der Waals surface area contributed by atoms with E-state index in [-0.39, 0.29) is 16.6 Å². The van der Waals surface area contributed by atoms with Crippen LogP contribution in [0.4, 0.5) is 0 Å². The minimum Gasteiger partial charge on any atom is -0.507 e. The maximum absolute atomic E-state index is 11.0. The highest BCUT2D eigenvalue weighted by atomic mass is 16.3. The predicted octanol–water partition coefficient (Wildman–Crippen LogP) is 13.6. The van der Waals surface area contributed by atoms with Gasteiger partial charge in [0.15, 0.2) is 0 Å². The average Bonchev–Trinajstić information content (AvgIpc) is 3.58. The maximum atomic E-state index is 11.0. The molecule has 4 aromatic heterocycles. The number of phenolic OH excluding ortho intramolecular Hbond substituents is 1. The Kier molecular flexibility index (Phi) is 9.04. The number of pyridine rings is 3. The smallest absolute Gasteiger partial charge is 0.124 e. The fraction of sp³-hybridized carbons (Fsp3) is 0.151. The van der Waals surface area contributed by atoms with E-state index in [2.05, 4.69) is 166 Å². The van der Waals surface area contributed by atoms with Crippen molar-refractivity contribution in [3.8, 4) is 67.5 Å². The van der Waals surface area contributed by atoms with Crippen molar-refractivity contribution in [1.82, 2.24) is 19.5 Å². The molecule has 0 radical (unpaired) electrons. The SMILES string of the molecule is CC(C)(C)c1cc(-c2cc(-c3cccc(-c4cc(-c5cccc6c7ccccc7n(-c7cccnc7)c56)ccn4)c3)nc(-c3ccccc3O)c2)cc(C(C)(C)C)c1. The van der Waals surface area contributed by atoms with E-state index in [0.29, 0.717) is 11.3 Å². The Hall–Kier alpha value is -6.85. The summed E-state index contributed by atoms with van der Waals surface area (Å²) in [5, 5.41) is 13.4. The molecule has 9 aromatic rings. The summed E-state index contributed by atoms with van der Waals surface area (Å²) in [6, 6.07) is 50.6. The summed E-state index contributed by atoms with van der Waals surface area (Å²) < 4.78 is 2.32. The summed E-state index contributed by atoms with van der Waals surface area (Å²) in [6.07, 6.45) is 5.63. The van der Waals surface area contributed by atoms with Crippen LogP contribution in [0.1, 0.15) is 52.7 Å². The Morgan fingerprint density at radius 2 is 1.12 bits per heavy atom. The summed E-state index contributed by atoms with van der Waals surface area (Å²) in [6.45, 7) is 13.6. The molecule has 0 aliphatic carbocycles. The number of nitrogens with zero attached hydrogens (tertiary/aromatic N) is 4. The number of phenols is 1. The van der Waals surface area contributed by atoms with Crippen molar-refractivity contribution < 1.29 is 5.11 Å². The lowest BCUT2D eigenvalue weighted by Crippen LogP contribution is -2.16. The largest absolute Gasteiger partial charge is 0.507 e. The molecule has 0 amide bonds. The number of para-hydroxylation sites is 3. The first-order valence-electron chi connectivity index (χ1n) is 19.9. The molecule has 5 aromatic carbocycles. The Morgan fingerprint density at radius 3 is 1.86 bits per heavy atom. The third kappa shape index (κ3) is 6.83. The van der Waals surface area contributed by atoms with E-state index in [9.17, 15) is 5.11 Å². The molecule has 0 aliphatic heterocycles. The lowest BCUT2D eigenvalue weighted by atomic mass is 9.79. The van der Waals surface area contributed by atoms with Crippen LogP contribution < -0.4 is 0 Å². The Morgan fingerprint density at radius 1 is 0.483 bits per heavy atom. The number of aromatic hydroxyl groups is 1. The molecule has 0 fully saturated rings. The van der Waals surface area contributed by atoms with Crippen LogP contribution in [0.2, 0.25) is 0 Å². The highest BCUT2D eigenvalue weighted by Crippen LogP contribution is 2.41. The average molecular weight is 755 g/mol. The summed E-state index contributed by atoms with van der Waals surface area (Å²) in [5.74, 6) is 0.198. The molecule has 0 saturated carbocycles. The van der Waals surface area contributed by atoms with Gasteiger partial charge in [0.05, 0.1) is 40.0 Å². The van der Waals surface area contributed by atoms with Gasteiger partial charge in [-0.25, -0.2) is 4.98 Å². The molecule has 284 valence electrons. The van der Waals surface area contributed by atoms with E-state index >= 15 is 0 Å². The van der Waals surface area contributed by atoms with Crippen LogP contribution in [0.5, 0.6) is 5.75 Å². The van der Waals surface area contributed by atoms with Gasteiger partial charge in [0, 0.05) is 45.4 Å². The van der Waals surface area contributed by atoms with Crippen molar-refractivity contribution in [3.63, 3.8) is 0 Å². The predicted molar refractivity (Wildman–Crippen MR) is 240 cm³/mol. The van der Waals surface area contributed by atoms with Crippen LogP contribution in [0.25, 0.3) is 83.5 Å². The molecule has 0 unspecified atom stereocenters. The van der Waals surface area contributed by atoms with E-state index in [4.69, 9.17) is 9.97 Å². The van der Waals surface area contributed by atoms with Crippen LogP contribution in [-0.4, -0.2) is 24.6 Å². The molecule has 1 N–H and O–H groups in total. The summed E-state index contributed by atoms with van der Waals surface area (Å²) in [7, 11) is 0. The molecule has 58 heavy (non-hydrogen) atoms. The second-order valence-electron chi connectivity index (χ2n) is 17.2. The normalized spacial score (nSPS) is 12.0. The van der Waals surface area contributed by atoms with Crippen LogP contribution in [-0.2, 0) is 10.8 Å². The molecule has 0 spiro atoms. The molecule has 5 nitrogen and oxygen atoms in total. The minimum absolute atomic E-state index is 0.0386. The van der Waals surface area contributed by atoms with E-state index < -0.39 is 0 Å². The molecule has 4 heterocycles. The molecule has 9 rings (SSSR count). The third-order valence-corrected chi connectivity index (χ3v) is 11.1. The van der Waals surface area contributed by atoms with Crippen LogP contribution in [0, 0.1) is 0 Å². The van der Waals surface area contributed by atoms with Crippen molar-refractivity contribution in [2.24, 2.45) is 0 Å². The number of fused-ring (bicyclic) bond motifs is 3. The highest BCUT2D eigenvalue weighted by Gasteiger charge is 2.22. The summed E-state index contributed by atoms with van der Waals surface area (Å²) in [5.41, 5.74) is 15.2. The molecule has 5 heteroatoms. The zero-order chi connectivity index (χ0) is 40.2. The topological polar surface area (TPSA) is 63.8 Å². The molecular weight excluding hydrogens is 709 g/mol. The third-order valence-electron chi connectivity index (χ3n) is 11.1. The van der Waals surface area contributed by atoms with E-state index in [0.717, 1.165) is 61.5 Å². The fourth-order valence-electron chi connectivity index (χ4n) is 7.93. The fourth-order valence-corrected chi connectivity index (χ4v) is 7.93. The Bertz CT molecular complexity index is 2950. The number of aromatic nitrogens is 4. The molecule has 0 saturated heterocycles. The quantitative estimate of drug-likeness (QED) is 0.184. The number of hydrogen-bond donors (Lipinski definition) is 1. The van der Waals surface area contributed by atoms with Gasteiger partial charge in [0.1, 0.15) is 5.75 Å². The van der Waals surface area contributed by atoms with Crippen molar-refractivity contribution in [1.29, 1.82) is 0 Å². The number of rotatable bonds is 6. The first kappa shape index (κ1) is 36.8. The van der Waals surface area contributed by atoms with Crippen molar-refractivity contribution in [2.75, 3.05) is 0 Å². The number of benzene rings is 5. The van der Waals surface area contributed by atoms with Gasteiger partial charge in [0.25, 0.3) is 0 Å². The van der Waals surface area contributed by atoms with Gasteiger partial charge in [-0.05, 0) is 99.3 Å². The molecular formula is C53H46N4O. The standard InChI is InChI=1S/C53H46N4O/c1-52(2,3)39-27-37(28-40(32-39)53(4,5)6)38-30-47(56-48(31-38)45-18-8-10-22-50(45)58)36-15-11-14-35(26-36)46-29-34(23-25-55-46)42-19-12-20-44-43-17-7-9-21-49(43)57(51(42)44)41-16-13-24-54-33-41/h7-33,58H,1-6H3. The van der Waals surface area contributed by atoms with Gasteiger partial charge in [-0.1, -0.05) is 126 Å². The van der Waals surface area contributed by atoms with Gasteiger partial charge in [-0.2, -0.15) is 0 Å². The van der Waals surface area contributed by atoms with Crippen molar-refractivity contribution >= 4 is 21.8 Å². The maximum Gasteiger partial charge on any atom is 0.124 e. The van der Waals surface area contributed by atoms with Gasteiger partial charge in [0.2, 0.25) is 0 Å². The lowest BCUT2D eigenvalue weighted by molar-refractivity contribution is 0.477. The number of hydrogen-bond acceptors (Lipinski definition) is 4. The lowest BCUT2D eigenvalue weighted by Gasteiger charge is -2.26. The van der Waals surface area contributed by atoms with Crippen LogP contribution in [0.15, 0.2) is 164 Å². The highest BCUT2D eigenvalue weighted by molar-refractivity contribution is 6.13. The van der Waals surface area contributed by atoms with Gasteiger partial charge >= 0.3 is 0 Å². The molecule has 0 atom stereocenters. The van der Waals surface area contributed by atoms with Gasteiger partial charge < -0.3 is 9.67 Å². The van der Waals surface area contributed by atoms with E-state index in [1.807, 2.05) is 42.9 Å². The second-order valence-corrected chi connectivity index (χ2v) is 17.2. The second kappa shape index (κ2) is 14.3. The first-order valence-corrected chi connectivity index (χ1v) is 19.9. The van der Waals surface area contributed by atoms with Gasteiger partial charge in [-0.15, -0.1) is 0 Å². The molecule has 0 aliphatic rings. The van der Waals surface area contributed by atoms with E-state index in [1.54, 1.807) is 6.07 Å². The minimum atomic E-state index is -0.0386. The Balaban J connectivity index is 1.19. The monoisotopic (exact) mass is 754 g/mol. The van der Waals surface area contributed by atoms with Crippen LogP contribution in [0.3, 0.4) is 0 Å². The van der Waals surface area contributed by atoms with Gasteiger partial charge in [-0.3, -0.25) is 9.97 Å². The summed E-state index contributed by atoms with van der Waals surface area (Å²) >= 11 is 0. The van der Waals surface area contributed by atoms with Crippen molar-refractivity contribution in [2.45, 2.75) is 52.4 Å². The Labute approximate surface area is 340 Å². The van der Waals surface area contributed by atoms with Crippen molar-refractivity contribution in [3.05, 3.63) is 175 Å². The molecule has 0 bridgehead atoms. The summed E-state index contributed by atoms with van der Waals surface area (Å²) in [4.78, 5) is 14.6. The zero-order valence-corrected chi connectivity index (χ0v) is 33.8. The van der Waals surface area contributed by atoms with Crippen LogP contribution >= 0.6 is 0 Å². The van der Waals surface area contributed by atoms with E-state index in [1.165, 1.54) is 21.9 Å². The zero-order valence-electron chi connectivity index (χ0n) is 33.8. The first-order chi connectivity index (χ1) is 27.9.